The fourth-order valence-electron chi connectivity index (χ4n) is 3.46. The van der Waals surface area contributed by atoms with E-state index in [9.17, 15) is 5.11 Å². The molecule has 1 heterocycles. The van der Waals surface area contributed by atoms with Crippen molar-refractivity contribution in [3.05, 3.63) is 83.4 Å². The lowest BCUT2D eigenvalue weighted by Gasteiger charge is -2.41. The number of hydrogen-bond acceptors (Lipinski definition) is 4. The van der Waals surface area contributed by atoms with Crippen LogP contribution in [-0.4, -0.2) is 15.1 Å². The van der Waals surface area contributed by atoms with Gasteiger partial charge in [-0.3, -0.25) is 0 Å². The van der Waals surface area contributed by atoms with E-state index in [0.717, 1.165) is 22.3 Å². The summed E-state index contributed by atoms with van der Waals surface area (Å²) in [5.41, 5.74) is 3.53. The molecule has 2 aromatic carbocycles. The normalized spacial score (nSPS) is 13.6. The summed E-state index contributed by atoms with van der Waals surface area (Å²) in [5, 5.41) is 20.8. The van der Waals surface area contributed by atoms with Gasteiger partial charge < -0.3 is 5.11 Å². The van der Waals surface area contributed by atoms with Gasteiger partial charge in [-0.25, -0.2) is 9.97 Å². The van der Waals surface area contributed by atoms with Crippen LogP contribution in [0.1, 0.15) is 43.0 Å². The van der Waals surface area contributed by atoms with E-state index in [-0.39, 0.29) is 0 Å². The van der Waals surface area contributed by atoms with Crippen molar-refractivity contribution in [2.75, 3.05) is 0 Å². The van der Waals surface area contributed by atoms with E-state index >= 15 is 0 Å². The molecule has 3 rings (SSSR count). The topological polar surface area (TPSA) is 69.8 Å². The third kappa shape index (κ3) is 3.34. The van der Waals surface area contributed by atoms with E-state index in [1.807, 2.05) is 64.1 Å². The Kier molecular flexibility index (Phi) is 4.82. The molecule has 4 nitrogen and oxygen atoms in total. The minimum Gasteiger partial charge on any atom is -0.380 e. The second kappa shape index (κ2) is 6.94. The highest BCUT2D eigenvalue weighted by Gasteiger charge is 2.44. The summed E-state index contributed by atoms with van der Waals surface area (Å²) < 4.78 is 0. The van der Waals surface area contributed by atoms with Gasteiger partial charge in [-0.15, -0.1) is 0 Å². The molecule has 1 atom stereocenters. The molecule has 0 aliphatic carbocycles. The highest BCUT2D eigenvalue weighted by atomic mass is 16.3. The van der Waals surface area contributed by atoms with Gasteiger partial charge in [0.1, 0.15) is 11.9 Å². The van der Waals surface area contributed by atoms with Crippen LogP contribution in [0.3, 0.4) is 0 Å². The second-order valence-corrected chi connectivity index (χ2v) is 7.81. The summed E-state index contributed by atoms with van der Waals surface area (Å²) in [4.78, 5) is 8.21. The van der Waals surface area contributed by atoms with Crippen molar-refractivity contribution in [1.82, 2.24) is 9.97 Å². The number of nitrogens with zero attached hydrogens (tertiary/aromatic N) is 3. The number of nitriles is 1. The average Bonchev–Trinajstić information content (AvgIpc) is 2.67. The molecule has 0 spiro atoms. The molecule has 136 valence electrons. The molecule has 1 aromatic heterocycles. The van der Waals surface area contributed by atoms with Gasteiger partial charge in [0, 0.05) is 18.0 Å². The summed E-state index contributed by atoms with van der Waals surface area (Å²) in [6.07, 6.45) is 4.81. The number of aliphatic hydroxyl groups is 1. The Bertz CT molecular complexity index is 983. The number of aromatic nitrogens is 2. The van der Waals surface area contributed by atoms with Crippen LogP contribution in [0.5, 0.6) is 0 Å². The molecule has 0 aliphatic rings. The van der Waals surface area contributed by atoms with E-state index in [4.69, 9.17) is 5.26 Å². The first-order valence-electron chi connectivity index (χ1n) is 8.87. The van der Waals surface area contributed by atoms with Crippen molar-refractivity contribution < 1.29 is 5.11 Å². The van der Waals surface area contributed by atoms with Crippen molar-refractivity contribution in [1.29, 1.82) is 5.26 Å². The summed E-state index contributed by atoms with van der Waals surface area (Å²) in [5.74, 6) is 0. The Labute approximate surface area is 160 Å². The van der Waals surface area contributed by atoms with E-state index < -0.39 is 11.0 Å². The quantitative estimate of drug-likeness (QED) is 0.743. The molecule has 3 aromatic rings. The predicted octanol–water partition coefficient (Wildman–Crippen LogP) is 4.61. The first kappa shape index (κ1) is 18.8. The van der Waals surface area contributed by atoms with Gasteiger partial charge in [-0.2, -0.15) is 5.26 Å². The second-order valence-electron chi connectivity index (χ2n) is 7.81. The molecule has 27 heavy (non-hydrogen) atoms. The highest BCUT2D eigenvalue weighted by molar-refractivity contribution is 5.66. The van der Waals surface area contributed by atoms with Crippen LogP contribution >= 0.6 is 0 Å². The molecular weight excluding hydrogens is 334 g/mol. The van der Waals surface area contributed by atoms with Gasteiger partial charge in [0.15, 0.2) is 0 Å². The van der Waals surface area contributed by atoms with Crippen LogP contribution in [0.25, 0.3) is 11.1 Å². The maximum absolute atomic E-state index is 11.8. The lowest BCUT2D eigenvalue weighted by atomic mass is 9.68. The van der Waals surface area contributed by atoms with Gasteiger partial charge in [0.05, 0.1) is 11.6 Å². The third-order valence-electron chi connectivity index (χ3n) is 5.03. The molecule has 1 unspecified atom stereocenters. The molecule has 4 heteroatoms. The van der Waals surface area contributed by atoms with Gasteiger partial charge in [-0.1, -0.05) is 51.1 Å². The Morgan fingerprint density at radius 3 is 2.04 bits per heavy atom. The van der Waals surface area contributed by atoms with Crippen LogP contribution in [0, 0.1) is 23.7 Å². The molecular formula is C23H23N3O. The first-order chi connectivity index (χ1) is 12.8. The standard InChI is InChI=1S/C23H23N3O/c1-16-11-19(18-7-5-17(12-24)6-8-18)9-10-21(16)23(27,22(2,3)4)20-13-25-15-26-14-20/h5-11,13-15,27H,1-4H3. The van der Waals surface area contributed by atoms with Gasteiger partial charge >= 0.3 is 0 Å². The van der Waals surface area contributed by atoms with Gasteiger partial charge in [0.2, 0.25) is 0 Å². The van der Waals surface area contributed by atoms with E-state index in [0.29, 0.717) is 11.1 Å². The van der Waals surface area contributed by atoms with Gasteiger partial charge in [-0.05, 0) is 46.7 Å². The predicted molar refractivity (Wildman–Crippen MR) is 106 cm³/mol. The van der Waals surface area contributed by atoms with Crippen molar-refractivity contribution in [2.24, 2.45) is 5.41 Å². The third-order valence-corrected chi connectivity index (χ3v) is 5.03. The lowest BCUT2D eigenvalue weighted by Crippen LogP contribution is -2.42. The number of aryl methyl sites for hydroxylation is 1. The van der Waals surface area contributed by atoms with Gasteiger partial charge in [0.25, 0.3) is 0 Å². The molecule has 0 saturated carbocycles. The van der Waals surface area contributed by atoms with Crippen LogP contribution < -0.4 is 0 Å². The van der Waals surface area contributed by atoms with Crippen molar-refractivity contribution in [2.45, 2.75) is 33.3 Å². The zero-order valence-corrected chi connectivity index (χ0v) is 16.1. The van der Waals surface area contributed by atoms with Crippen LogP contribution in [0.4, 0.5) is 0 Å². The van der Waals surface area contributed by atoms with Crippen molar-refractivity contribution in [3.8, 4) is 17.2 Å². The largest absolute Gasteiger partial charge is 0.380 e. The molecule has 0 amide bonds. The van der Waals surface area contributed by atoms with Crippen molar-refractivity contribution in [3.63, 3.8) is 0 Å². The zero-order chi connectivity index (χ0) is 19.7. The Morgan fingerprint density at radius 2 is 1.52 bits per heavy atom. The summed E-state index contributed by atoms with van der Waals surface area (Å²) in [6.45, 7) is 8.03. The Balaban J connectivity index is 2.11. The molecule has 0 aliphatic heterocycles. The molecule has 1 N–H and O–H groups in total. The highest BCUT2D eigenvalue weighted by Crippen LogP contribution is 2.45. The fourth-order valence-corrected chi connectivity index (χ4v) is 3.46. The minimum absolute atomic E-state index is 0.460. The minimum atomic E-state index is -1.22. The molecule has 0 fully saturated rings. The Morgan fingerprint density at radius 1 is 0.926 bits per heavy atom. The molecule has 0 radical (unpaired) electrons. The smallest absolute Gasteiger partial charge is 0.123 e. The SMILES string of the molecule is Cc1cc(-c2ccc(C#N)cc2)ccc1C(O)(c1cncnc1)C(C)(C)C. The van der Waals surface area contributed by atoms with E-state index in [2.05, 4.69) is 22.1 Å². The van der Waals surface area contributed by atoms with Crippen molar-refractivity contribution >= 4 is 0 Å². The Hall–Kier alpha value is -3.03. The lowest BCUT2D eigenvalue weighted by molar-refractivity contribution is -0.0269. The number of hydrogen-bond donors (Lipinski definition) is 1. The summed E-state index contributed by atoms with van der Waals surface area (Å²) >= 11 is 0. The summed E-state index contributed by atoms with van der Waals surface area (Å²) in [6, 6.07) is 15.7. The maximum Gasteiger partial charge on any atom is 0.123 e. The summed E-state index contributed by atoms with van der Waals surface area (Å²) in [7, 11) is 0. The van der Waals surface area contributed by atoms with Crippen LogP contribution in [-0.2, 0) is 5.60 Å². The van der Waals surface area contributed by atoms with E-state index in [1.54, 1.807) is 12.4 Å². The van der Waals surface area contributed by atoms with E-state index in [1.165, 1.54) is 6.33 Å². The van der Waals surface area contributed by atoms with Crippen LogP contribution in [0.15, 0.2) is 61.2 Å². The molecule has 0 bridgehead atoms. The monoisotopic (exact) mass is 357 g/mol. The zero-order valence-electron chi connectivity index (χ0n) is 16.1. The average molecular weight is 357 g/mol. The number of rotatable bonds is 3. The number of benzene rings is 2. The first-order valence-corrected chi connectivity index (χ1v) is 8.87. The molecule has 0 saturated heterocycles. The fraction of sp³-hybridized carbons (Fsp3) is 0.261. The van der Waals surface area contributed by atoms with Crippen LogP contribution in [0.2, 0.25) is 0 Å². The maximum atomic E-state index is 11.8.